The van der Waals surface area contributed by atoms with Crippen LogP contribution in [0.2, 0.25) is 0 Å². The number of rotatable bonds is 7. The summed E-state index contributed by atoms with van der Waals surface area (Å²) in [5.74, 6) is 0.877. The summed E-state index contributed by atoms with van der Waals surface area (Å²) in [7, 11) is 0. The second-order valence-corrected chi connectivity index (χ2v) is 9.79. The lowest BCUT2D eigenvalue weighted by atomic mass is 10.1. The van der Waals surface area contributed by atoms with E-state index in [1.807, 2.05) is 41.1 Å². The van der Waals surface area contributed by atoms with Gasteiger partial charge in [-0.2, -0.15) is 5.10 Å². The molecule has 6 nitrogen and oxygen atoms in total. The summed E-state index contributed by atoms with van der Waals surface area (Å²) in [4.78, 5) is 9.68. The molecule has 1 aliphatic carbocycles. The fourth-order valence-corrected chi connectivity index (χ4v) is 5.44. The summed E-state index contributed by atoms with van der Waals surface area (Å²) < 4.78 is 1.86. The molecule has 0 bridgehead atoms. The highest BCUT2D eigenvalue weighted by molar-refractivity contribution is 7.99. The Hall–Kier alpha value is -2.77. The average molecular weight is 466 g/mol. The summed E-state index contributed by atoms with van der Waals surface area (Å²) in [6.07, 6.45) is 6.68. The smallest absolute Gasteiger partial charge is 0.191 e. The van der Waals surface area contributed by atoms with Crippen molar-refractivity contribution >= 4 is 45.9 Å². The predicted molar refractivity (Wildman–Crippen MR) is 130 cm³/mol. The number of hydrogen-bond acceptors (Lipinski definition) is 6. The molecular weight excluding hydrogens is 442 g/mol. The molecule has 0 spiro atoms. The maximum absolute atomic E-state index is 9.85. The van der Waals surface area contributed by atoms with Crippen molar-refractivity contribution in [2.75, 3.05) is 5.32 Å². The average Bonchev–Trinajstić information content (AvgIpc) is 3.45. The quantitative estimate of drug-likeness (QED) is 0.247. The molecule has 0 aliphatic heterocycles. The van der Waals surface area contributed by atoms with Gasteiger partial charge in [-0.3, -0.25) is 0 Å². The largest absolute Gasteiger partial charge is 0.508 e. The van der Waals surface area contributed by atoms with E-state index in [-0.39, 0.29) is 11.1 Å². The fraction of sp³-hybridized carbons (Fsp3) is 0.292. The van der Waals surface area contributed by atoms with E-state index >= 15 is 0 Å². The van der Waals surface area contributed by atoms with Gasteiger partial charge >= 0.3 is 0 Å². The van der Waals surface area contributed by atoms with Gasteiger partial charge in [0.1, 0.15) is 11.6 Å². The molecular formula is C24H24ClN5OS. The molecule has 1 aliphatic rings. The third-order valence-electron chi connectivity index (χ3n) is 5.65. The summed E-state index contributed by atoms with van der Waals surface area (Å²) in [5, 5.41) is 19.7. The molecule has 1 fully saturated rings. The number of thioether (sulfide) groups is 1. The molecule has 2 N–H and O–H groups in total. The first kappa shape index (κ1) is 21.1. The number of alkyl halides is 1. The monoisotopic (exact) mass is 465 g/mol. The Morgan fingerprint density at radius 1 is 1.09 bits per heavy atom. The predicted octanol–water partition coefficient (Wildman–Crippen LogP) is 6.29. The lowest BCUT2D eigenvalue weighted by molar-refractivity contribution is 0.475. The van der Waals surface area contributed by atoms with Gasteiger partial charge in [-0.1, -0.05) is 61.0 Å². The molecule has 1 atom stereocenters. The van der Waals surface area contributed by atoms with Crippen LogP contribution in [-0.4, -0.2) is 30.1 Å². The number of nitrogens with one attached hydrogen (secondary N) is 1. The van der Waals surface area contributed by atoms with Crippen molar-refractivity contribution in [3.63, 3.8) is 0 Å². The maximum atomic E-state index is 9.85. The van der Waals surface area contributed by atoms with Crippen LogP contribution in [0.5, 0.6) is 5.75 Å². The Bertz CT molecular complexity index is 1210. The molecule has 32 heavy (non-hydrogen) atoms. The SMILES string of the molecule is Oc1cccc(Nc2nc(SC3CCCC3)nc3c2cnn3CC(Cl)c2ccccc2)c1. The van der Waals surface area contributed by atoms with Crippen LogP contribution in [0, 0.1) is 0 Å². The molecule has 0 amide bonds. The Kier molecular flexibility index (Phi) is 6.19. The number of anilines is 2. The van der Waals surface area contributed by atoms with E-state index in [4.69, 9.17) is 21.6 Å². The Morgan fingerprint density at radius 2 is 1.91 bits per heavy atom. The Balaban J connectivity index is 1.51. The zero-order valence-electron chi connectivity index (χ0n) is 17.5. The van der Waals surface area contributed by atoms with Gasteiger partial charge in [0, 0.05) is 17.0 Å². The van der Waals surface area contributed by atoms with Crippen molar-refractivity contribution in [2.24, 2.45) is 0 Å². The fourth-order valence-electron chi connectivity index (χ4n) is 4.01. The maximum Gasteiger partial charge on any atom is 0.191 e. The summed E-state index contributed by atoms with van der Waals surface area (Å²) >= 11 is 8.45. The van der Waals surface area contributed by atoms with Crippen LogP contribution < -0.4 is 5.32 Å². The number of phenols is 1. The summed E-state index contributed by atoms with van der Waals surface area (Å²) in [5.41, 5.74) is 2.56. The van der Waals surface area contributed by atoms with E-state index in [2.05, 4.69) is 10.4 Å². The normalized spacial score (nSPS) is 15.3. The lowest BCUT2D eigenvalue weighted by Crippen LogP contribution is -2.08. The molecule has 1 unspecified atom stereocenters. The summed E-state index contributed by atoms with van der Waals surface area (Å²) in [6, 6.07) is 17.0. The van der Waals surface area contributed by atoms with Crippen molar-refractivity contribution in [3.05, 3.63) is 66.4 Å². The van der Waals surface area contributed by atoms with Crippen LogP contribution in [0.25, 0.3) is 11.0 Å². The first-order chi connectivity index (χ1) is 15.7. The van der Waals surface area contributed by atoms with Crippen molar-refractivity contribution in [3.8, 4) is 5.75 Å². The van der Waals surface area contributed by atoms with Gasteiger partial charge < -0.3 is 10.4 Å². The minimum absolute atomic E-state index is 0.199. The van der Waals surface area contributed by atoms with Crippen molar-refractivity contribution in [2.45, 2.75) is 48.0 Å². The first-order valence-corrected chi connectivity index (χ1v) is 12.1. The van der Waals surface area contributed by atoms with Gasteiger partial charge in [0.2, 0.25) is 0 Å². The molecule has 0 saturated heterocycles. The lowest BCUT2D eigenvalue weighted by Gasteiger charge is -2.13. The first-order valence-electron chi connectivity index (χ1n) is 10.8. The van der Waals surface area contributed by atoms with Gasteiger partial charge in [-0.25, -0.2) is 14.6 Å². The number of halogens is 1. The molecule has 5 rings (SSSR count). The Morgan fingerprint density at radius 3 is 2.69 bits per heavy atom. The van der Waals surface area contributed by atoms with Crippen LogP contribution in [0.4, 0.5) is 11.5 Å². The highest BCUT2D eigenvalue weighted by atomic mass is 35.5. The number of hydrogen-bond donors (Lipinski definition) is 2. The standard InChI is InChI=1S/C24H24ClN5OS/c25-21(16-7-2-1-3-8-16)15-30-23-20(14-26-30)22(27-17-9-6-10-18(31)13-17)28-24(29-23)32-19-11-4-5-12-19/h1-3,6-10,13-14,19,21,31H,4-5,11-12,15H2,(H,27,28,29). The molecule has 8 heteroatoms. The van der Waals surface area contributed by atoms with Crippen LogP contribution >= 0.6 is 23.4 Å². The van der Waals surface area contributed by atoms with Gasteiger partial charge in [-0.05, 0) is 30.5 Å². The highest BCUT2D eigenvalue weighted by Gasteiger charge is 2.21. The minimum atomic E-state index is -0.220. The zero-order chi connectivity index (χ0) is 21.9. The van der Waals surface area contributed by atoms with Crippen LogP contribution in [0.1, 0.15) is 36.6 Å². The van der Waals surface area contributed by atoms with Crippen molar-refractivity contribution in [1.82, 2.24) is 19.7 Å². The third kappa shape index (κ3) is 4.69. The van der Waals surface area contributed by atoms with Crippen LogP contribution in [0.3, 0.4) is 0 Å². The van der Waals surface area contributed by atoms with Gasteiger partial charge in [0.15, 0.2) is 10.8 Å². The molecule has 2 aromatic carbocycles. The van der Waals surface area contributed by atoms with E-state index in [1.54, 1.807) is 36.2 Å². The van der Waals surface area contributed by atoms with Crippen molar-refractivity contribution < 1.29 is 5.11 Å². The van der Waals surface area contributed by atoms with Crippen molar-refractivity contribution in [1.29, 1.82) is 0 Å². The van der Waals surface area contributed by atoms with Crippen LogP contribution in [0.15, 0.2) is 66.0 Å². The zero-order valence-corrected chi connectivity index (χ0v) is 19.1. The molecule has 2 heterocycles. The molecule has 1 saturated carbocycles. The number of benzene rings is 2. The van der Waals surface area contributed by atoms with E-state index in [0.717, 1.165) is 27.4 Å². The number of phenolic OH excluding ortho intramolecular Hbond substituents is 1. The van der Waals surface area contributed by atoms with E-state index in [1.165, 1.54) is 25.7 Å². The van der Waals surface area contributed by atoms with E-state index in [9.17, 15) is 5.11 Å². The number of fused-ring (bicyclic) bond motifs is 1. The number of nitrogens with zero attached hydrogens (tertiary/aromatic N) is 4. The van der Waals surface area contributed by atoms with E-state index in [0.29, 0.717) is 17.6 Å². The van der Waals surface area contributed by atoms with Crippen LogP contribution in [-0.2, 0) is 6.54 Å². The van der Waals surface area contributed by atoms with Gasteiger partial charge in [0.25, 0.3) is 0 Å². The van der Waals surface area contributed by atoms with Gasteiger partial charge in [0.05, 0.1) is 23.5 Å². The van der Waals surface area contributed by atoms with Gasteiger partial charge in [-0.15, -0.1) is 11.6 Å². The number of aromatic nitrogens is 4. The minimum Gasteiger partial charge on any atom is -0.508 e. The second-order valence-electron chi connectivity index (χ2n) is 8.00. The third-order valence-corrected chi connectivity index (χ3v) is 7.24. The molecule has 4 aromatic rings. The Labute approximate surface area is 196 Å². The summed E-state index contributed by atoms with van der Waals surface area (Å²) in [6.45, 7) is 0.505. The number of aromatic hydroxyl groups is 1. The molecule has 2 aromatic heterocycles. The molecule has 164 valence electrons. The second kappa shape index (κ2) is 9.38. The topological polar surface area (TPSA) is 75.9 Å². The van der Waals surface area contributed by atoms with E-state index < -0.39 is 0 Å². The highest BCUT2D eigenvalue weighted by Crippen LogP contribution is 2.36. The molecule has 0 radical (unpaired) electrons.